The summed E-state index contributed by atoms with van der Waals surface area (Å²) in [6.45, 7) is 1.94. The number of likely N-dealkylation sites (tertiary alicyclic amines) is 1. The molecule has 0 spiro atoms. The summed E-state index contributed by atoms with van der Waals surface area (Å²) in [6.07, 6.45) is 7.57. The number of carboxylic acids is 1. The predicted octanol–water partition coefficient (Wildman–Crippen LogP) is 1.61. The second kappa shape index (κ2) is 5.96. The average Bonchev–Trinajstić information content (AvgIpc) is 2.75. The first-order valence-electron chi connectivity index (χ1n) is 6.58. The zero-order valence-electron chi connectivity index (χ0n) is 10.9. The molecule has 1 aliphatic rings. The van der Waals surface area contributed by atoms with Crippen LogP contribution in [0, 0.1) is 0 Å². The first-order chi connectivity index (χ1) is 8.66. The van der Waals surface area contributed by atoms with Gasteiger partial charge in [-0.1, -0.05) is 0 Å². The van der Waals surface area contributed by atoms with Gasteiger partial charge in [0.1, 0.15) is 6.54 Å². The highest BCUT2D eigenvalue weighted by atomic mass is 16.4. The Bertz CT molecular complexity index is 420. The average molecular weight is 249 g/mol. The van der Waals surface area contributed by atoms with Crippen molar-refractivity contribution >= 4 is 5.97 Å². The van der Waals surface area contributed by atoms with Crippen LogP contribution in [0.4, 0.5) is 0 Å². The van der Waals surface area contributed by atoms with E-state index in [1.165, 1.54) is 24.9 Å². The standard InChI is InChI=1S/C14H20N2O2/c1-15-8-3-6-13(15)12-5-2-9-16(11-12)10-4-7-14(17)18/h2,5,9,11,13H,3-4,6-8,10H2,1H3/p+1/t13-/m0/s1. The van der Waals surface area contributed by atoms with Gasteiger partial charge < -0.3 is 5.11 Å². The number of aromatic nitrogens is 1. The Kier molecular flexibility index (Phi) is 4.31. The van der Waals surface area contributed by atoms with E-state index in [0.29, 0.717) is 12.5 Å². The van der Waals surface area contributed by atoms with Crippen LogP contribution in [0.2, 0.25) is 0 Å². The molecule has 4 nitrogen and oxygen atoms in total. The fraction of sp³-hybridized carbons (Fsp3) is 0.571. The number of pyridine rings is 1. The molecule has 2 rings (SSSR count). The zero-order valence-corrected chi connectivity index (χ0v) is 10.9. The van der Waals surface area contributed by atoms with Crippen LogP contribution in [0.1, 0.15) is 37.3 Å². The molecule has 98 valence electrons. The van der Waals surface area contributed by atoms with E-state index in [1.807, 2.05) is 6.20 Å². The molecule has 0 radical (unpaired) electrons. The van der Waals surface area contributed by atoms with Crippen molar-refractivity contribution < 1.29 is 14.5 Å². The quantitative estimate of drug-likeness (QED) is 0.806. The third-order valence-electron chi connectivity index (χ3n) is 3.59. The second-order valence-electron chi connectivity index (χ2n) is 5.01. The fourth-order valence-corrected chi connectivity index (χ4v) is 2.62. The molecular formula is C14H21N2O2+. The molecule has 0 aliphatic carbocycles. The molecule has 1 saturated heterocycles. The maximum Gasteiger partial charge on any atom is 0.303 e. The Morgan fingerprint density at radius 3 is 3.11 bits per heavy atom. The number of aliphatic carboxylic acids is 1. The molecule has 0 amide bonds. The van der Waals surface area contributed by atoms with Gasteiger partial charge in [0.05, 0.1) is 6.42 Å². The largest absolute Gasteiger partial charge is 0.481 e. The van der Waals surface area contributed by atoms with E-state index in [4.69, 9.17) is 5.11 Å². The number of rotatable bonds is 5. The van der Waals surface area contributed by atoms with Gasteiger partial charge in [-0.2, -0.15) is 0 Å². The van der Waals surface area contributed by atoms with Crippen molar-refractivity contribution in [2.45, 2.75) is 38.3 Å². The van der Waals surface area contributed by atoms with Gasteiger partial charge in [-0.15, -0.1) is 0 Å². The molecule has 0 bridgehead atoms. The molecule has 18 heavy (non-hydrogen) atoms. The lowest BCUT2D eigenvalue weighted by molar-refractivity contribution is -0.697. The molecule has 1 aliphatic heterocycles. The Hall–Kier alpha value is -1.42. The van der Waals surface area contributed by atoms with E-state index in [9.17, 15) is 4.79 Å². The van der Waals surface area contributed by atoms with E-state index >= 15 is 0 Å². The highest BCUT2D eigenvalue weighted by molar-refractivity contribution is 5.66. The molecular weight excluding hydrogens is 228 g/mol. The maximum absolute atomic E-state index is 10.5. The van der Waals surface area contributed by atoms with Crippen molar-refractivity contribution in [2.75, 3.05) is 13.6 Å². The van der Waals surface area contributed by atoms with E-state index in [1.54, 1.807) is 0 Å². The van der Waals surface area contributed by atoms with Crippen molar-refractivity contribution in [2.24, 2.45) is 0 Å². The molecule has 1 fully saturated rings. The lowest BCUT2D eigenvalue weighted by atomic mass is 10.1. The van der Waals surface area contributed by atoms with Gasteiger partial charge in [-0.3, -0.25) is 9.69 Å². The molecule has 1 aromatic rings. The molecule has 2 heterocycles. The van der Waals surface area contributed by atoms with Crippen LogP contribution in [0.5, 0.6) is 0 Å². The molecule has 4 heteroatoms. The highest BCUT2D eigenvalue weighted by Crippen LogP contribution is 2.29. The summed E-state index contributed by atoms with van der Waals surface area (Å²) < 4.78 is 2.10. The molecule has 0 unspecified atom stereocenters. The van der Waals surface area contributed by atoms with Crippen LogP contribution in [0.3, 0.4) is 0 Å². The summed E-state index contributed by atoms with van der Waals surface area (Å²) in [6, 6.07) is 4.75. The van der Waals surface area contributed by atoms with Gasteiger partial charge in [0.25, 0.3) is 0 Å². The van der Waals surface area contributed by atoms with Crippen LogP contribution in [0.25, 0.3) is 0 Å². The SMILES string of the molecule is CN1CCC[C@H]1c1ccc[n+](CCCC(=O)O)c1. The lowest BCUT2D eigenvalue weighted by Gasteiger charge is -2.18. The summed E-state index contributed by atoms with van der Waals surface area (Å²) in [4.78, 5) is 12.9. The minimum Gasteiger partial charge on any atom is -0.481 e. The van der Waals surface area contributed by atoms with E-state index < -0.39 is 5.97 Å². The van der Waals surface area contributed by atoms with Crippen LogP contribution in [-0.2, 0) is 11.3 Å². The van der Waals surface area contributed by atoms with Crippen LogP contribution in [0.15, 0.2) is 24.5 Å². The second-order valence-corrected chi connectivity index (χ2v) is 5.01. The van der Waals surface area contributed by atoms with Gasteiger partial charge >= 0.3 is 5.97 Å². The third kappa shape index (κ3) is 3.29. The normalized spacial score (nSPS) is 20.2. The minimum absolute atomic E-state index is 0.237. The summed E-state index contributed by atoms with van der Waals surface area (Å²) in [7, 11) is 2.17. The third-order valence-corrected chi connectivity index (χ3v) is 3.59. The Balaban J connectivity index is 1.98. The molecule has 1 aromatic heterocycles. The molecule has 1 atom stereocenters. The van der Waals surface area contributed by atoms with Gasteiger partial charge in [0.15, 0.2) is 12.4 Å². The van der Waals surface area contributed by atoms with Crippen molar-refractivity contribution in [1.82, 2.24) is 4.90 Å². The first kappa shape index (κ1) is 13.0. The lowest BCUT2D eigenvalue weighted by Crippen LogP contribution is -2.34. The van der Waals surface area contributed by atoms with Crippen LogP contribution in [-0.4, -0.2) is 29.6 Å². The van der Waals surface area contributed by atoms with Gasteiger partial charge in [-0.25, -0.2) is 4.57 Å². The number of nitrogens with zero attached hydrogens (tertiary/aromatic N) is 2. The van der Waals surface area contributed by atoms with Gasteiger partial charge in [0, 0.05) is 24.1 Å². The van der Waals surface area contributed by atoms with Gasteiger partial charge in [-0.05, 0) is 32.5 Å². The fourth-order valence-electron chi connectivity index (χ4n) is 2.62. The van der Waals surface area contributed by atoms with E-state index in [-0.39, 0.29) is 6.42 Å². The Morgan fingerprint density at radius 2 is 2.44 bits per heavy atom. The van der Waals surface area contributed by atoms with Crippen molar-refractivity contribution in [3.8, 4) is 0 Å². The first-order valence-corrected chi connectivity index (χ1v) is 6.58. The highest BCUT2D eigenvalue weighted by Gasteiger charge is 2.24. The number of carboxylic acid groups (broad SMARTS) is 1. The van der Waals surface area contributed by atoms with E-state index in [2.05, 4.69) is 34.8 Å². The molecule has 1 N–H and O–H groups in total. The van der Waals surface area contributed by atoms with Crippen molar-refractivity contribution in [3.63, 3.8) is 0 Å². The number of hydrogen-bond donors (Lipinski definition) is 1. The van der Waals surface area contributed by atoms with Crippen LogP contribution < -0.4 is 4.57 Å². The van der Waals surface area contributed by atoms with Crippen LogP contribution >= 0.6 is 0 Å². The van der Waals surface area contributed by atoms with Crippen molar-refractivity contribution in [3.05, 3.63) is 30.1 Å². The zero-order chi connectivity index (χ0) is 13.0. The molecule has 0 aromatic carbocycles. The van der Waals surface area contributed by atoms with Gasteiger partial charge in [0.2, 0.25) is 0 Å². The summed E-state index contributed by atoms with van der Waals surface area (Å²) >= 11 is 0. The molecule has 0 saturated carbocycles. The number of carbonyl (C=O) groups is 1. The maximum atomic E-state index is 10.5. The summed E-state index contributed by atoms with van der Waals surface area (Å²) in [5, 5.41) is 8.64. The Labute approximate surface area is 108 Å². The smallest absolute Gasteiger partial charge is 0.303 e. The topological polar surface area (TPSA) is 44.4 Å². The summed E-state index contributed by atoms with van der Waals surface area (Å²) in [5.74, 6) is -0.720. The monoisotopic (exact) mass is 249 g/mol. The number of hydrogen-bond acceptors (Lipinski definition) is 2. The summed E-state index contributed by atoms with van der Waals surface area (Å²) in [5.41, 5.74) is 1.34. The predicted molar refractivity (Wildman–Crippen MR) is 68.1 cm³/mol. The number of aryl methyl sites for hydroxylation is 1. The minimum atomic E-state index is -0.720. The Morgan fingerprint density at radius 1 is 1.61 bits per heavy atom. The van der Waals surface area contributed by atoms with Crippen molar-refractivity contribution in [1.29, 1.82) is 0 Å². The van der Waals surface area contributed by atoms with E-state index in [0.717, 1.165) is 6.54 Å².